The lowest BCUT2D eigenvalue weighted by Gasteiger charge is -2.00. The average Bonchev–Trinajstić information content (AvgIpc) is 3.32. The van der Waals surface area contributed by atoms with E-state index in [9.17, 15) is 19.2 Å². The second-order valence-corrected chi connectivity index (χ2v) is 10.1. The molecule has 0 saturated carbocycles. The first kappa shape index (κ1) is 120. The van der Waals surface area contributed by atoms with Crippen molar-refractivity contribution in [2.75, 3.05) is 54.4 Å². The Morgan fingerprint density at radius 1 is 0.379 bits per heavy atom. The topological polar surface area (TPSA) is 455 Å². The van der Waals surface area contributed by atoms with Crippen molar-refractivity contribution in [1.82, 2.24) is 0 Å². The molecule has 20 heteroatoms. The molecular formula is C46H128N12O8. The molecule has 0 saturated heterocycles. The van der Waals surface area contributed by atoms with E-state index in [2.05, 4.69) is 36.8 Å². The van der Waals surface area contributed by atoms with Gasteiger partial charge in [0, 0.05) is 13.8 Å². The van der Waals surface area contributed by atoms with Crippen molar-refractivity contribution >= 4 is 37.1 Å². The monoisotopic (exact) mass is 977 g/mol. The number of carbonyl (C=O) groups is 6. The second kappa shape index (κ2) is 178. The van der Waals surface area contributed by atoms with Crippen molar-refractivity contribution in [1.29, 1.82) is 0 Å². The lowest BCUT2D eigenvalue weighted by molar-refractivity contribution is -0.135. The van der Waals surface area contributed by atoms with Crippen LogP contribution in [0.4, 0.5) is 0 Å². The molecule has 0 unspecified atom stereocenters. The minimum absolute atomic E-state index is 0. The minimum Gasteiger partial charge on any atom is -0.481 e. The Morgan fingerprint density at radius 2 is 0.470 bits per heavy atom. The van der Waals surface area contributed by atoms with Gasteiger partial charge in [0.1, 0.15) is 25.1 Å². The van der Waals surface area contributed by atoms with E-state index in [1.807, 2.05) is 55.4 Å². The highest BCUT2D eigenvalue weighted by Gasteiger charge is 1.99. The molecule has 0 heterocycles. The van der Waals surface area contributed by atoms with E-state index in [1.165, 1.54) is 34.6 Å². The fraction of sp³-hybridized carbons (Fsp3) is 0.870. The van der Waals surface area contributed by atoms with Gasteiger partial charge in [-0.15, -0.1) is 0 Å². The molecule has 20 nitrogen and oxygen atoms in total. The van der Waals surface area contributed by atoms with E-state index in [1.54, 1.807) is 0 Å². The Labute approximate surface area is 411 Å². The zero-order valence-corrected chi connectivity index (χ0v) is 43.9. The highest BCUT2D eigenvalue weighted by atomic mass is 16.4. The van der Waals surface area contributed by atoms with Crippen molar-refractivity contribution in [3.05, 3.63) is 0 Å². The summed E-state index contributed by atoms with van der Waals surface area (Å²) in [7, 11) is 6.00. The molecule has 0 rings (SSSR count). The van der Waals surface area contributed by atoms with Crippen LogP contribution in [-0.2, 0) is 28.8 Å². The Hall–Kier alpha value is -2.86. The largest absolute Gasteiger partial charge is 0.481 e. The Balaban J connectivity index is -0.0000000244. The fourth-order valence-electron chi connectivity index (χ4n) is 2.37. The number of aldehydes is 4. The molecule has 0 bridgehead atoms. The number of nitrogens with two attached hydrogens (primary N) is 12. The number of carboxylic acid groups (broad SMARTS) is 2. The summed E-state index contributed by atoms with van der Waals surface area (Å²) < 4.78 is 0. The normalized spacial score (nSPS) is 8.91. The van der Waals surface area contributed by atoms with Gasteiger partial charge in [0.2, 0.25) is 0 Å². The maximum Gasteiger partial charge on any atom is 0.300 e. The van der Waals surface area contributed by atoms with Crippen molar-refractivity contribution in [2.24, 2.45) is 68.8 Å². The van der Waals surface area contributed by atoms with E-state index < -0.39 is 11.9 Å². The average molecular weight is 978 g/mol. The molecule has 0 aliphatic heterocycles. The molecule has 4 atom stereocenters. The van der Waals surface area contributed by atoms with Crippen LogP contribution in [0.5, 0.6) is 0 Å². The summed E-state index contributed by atoms with van der Waals surface area (Å²) in [5.41, 5.74) is 60.1. The van der Waals surface area contributed by atoms with E-state index >= 15 is 0 Å². The standard InChI is InChI=1S/4C6H14N2O.C3H8.2C2H4O2.4C2H6.4CH5N.3CH4/c4*7-4-2-1-3-6(8)5-9;1-3-2;2*1-2(3)4;8*1-2;;;/h4*5-6H,1-4,7-8H2;3H2,1-2H3;2*1H3,(H,3,4);4*1-2H3;4*2H2,1H3;3*1H4/t4*6-;;;;;;;;;;;;;;/m1111............../s1. The minimum atomic E-state index is -0.833. The molecule has 0 spiro atoms. The zero-order valence-electron chi connectivity index (χ0n) is 43.9. The fourth-order valence-corrected chi connectivity index (χ4v) is 2.37. The van der Waals surface area contributed by atoms with Gasteiger partial charge in [0.05, 0.1) is 24.2 Å². The van der Waals surface area contributed by atoms with Crippen LogP contribution in [0.15, 0.2) is 0 Å². The Morgan fingerprint density at radius 3 is 0.530 bits per heavy atom. The second-order valence-electron chi connectivity index (χ2n) is 10.1. The highest BCUT2D eigenvalue weighted by Crippen LogP contribution is 1.96. The van der Waals surface area contributed by atoms with Crippen LogP contribution in [0.2, 0.25) is 0 Å². The van der Waals surface area contributed by atoms with Gasteiger partial charge in [-0.05, 0) is 106 Å². The Bertz CT molecular complexity index is 569. The van der Waals surface area contributed by atoms with E-state index in [0.717, 1.165) is 116 Å². The van der Waals surface area contributed by atoms with Crippen LogP contribution in [0.1, 0.15) is 189 Å². The van der Waals surface area contributed by atoms with E-state index in [4.69, 9.17) is 65.7 Å². The summed E-state index contributed by atoms with van der Waals surface area (Å²) in [4.78, 5) is 57.8. The maximum absolute atomic E-state index is 9.94. The lowest BCUT2D eigenvalue weighted by atomic mass is 10.1. The number of aliphatic carboxylic acids is 2. The van der Waals surface area contributed by atoms with Crippen LogP contribution in [-0.4, -0.2) is 126 Å². The van der Waals surface area contributed by atoms with Gasteiger partial charge in [-0.25, -0.2) is 0 Å². The van der Waals surface area contributed by atoms with Gasteiger partial charge in [-0.3, -0.25) is 9.59 Å². The maximum atomic E-state index is 9.94. The predicted molar refractivity (Wildman–Crippen MR) is 296 cm³/mol. The van der Waals surface area contributed by atoms with Gasteiger partial charge < -0.3 is 98.2 Å². The van der Waals surface area contributed by atoms with E-state index in [-0.39, 0.29) is 46.4 Å². The van der Waals surface area contributed by atoms with Crippen LogP contribution in [0.3, 0.4) is 0 Å². The summed E-state index contributed by atoms with van der Waals surface area (Å²) in [5.74, 6) is -1.67. The summed E-state index contributed by atoms with van der Waals surface area (Å²) in [6, 6.07) is -1.12. The van der Waals surface area contributed by atoms with Gasteiger partial charge in [-0.1, -0.05) is 124 Å². The molecule has 0 aliphatic carbocycles. The van der Waals surface area contributed by atoms with E-state index in [0.29, 0.717) is 26.2 Å². The molecule has 26 N–H and O–H groups in total. The van der Waals surface area contributed by atoms with Crippen molar-refractivity contribution < 1.29 is 39.0 Å². The Kier molecular flexibility index (Phi) is 322. The molecule has 0 aromatic heterocycles. The SMILES string of the molecule is C.C.C.CC.CC.CC.CC.CC(=O)O.CC(=O)O.CCC.CN.CN.CN.CN.NCCCC[C@@H](N)C=O.NCCCC[C@@H](N)C=O.NCCCC[C@@H](N)C=O.NCCCC[C@@H](N)C=O. The molecule has 0 fully saturated rings. The van der Waals surface area contributed by atoms with Gasteiger partial charge in [0.15, 0.2) is 0 Å². The predicted octanol–water partition coefficient (Wildman–Crippen LogP) is 4.48. The molecule has 0 radical (unpaired) electrons. The first-order chi connectivity index (χ1) is 30.1. The number of hydrogen-bond donors (Lipinski definition) is 14. The highest BCUT2D eigenvalue weighted by molar-refractivity contribution is 5.63. The quantitative estimate of drug-likeness (QED) is 0.0590. The molecule has 0 aromatic rings. The van der Waals surface area contributed by atoms with Crippen LogP contribution in [0, 0.1) is 0 Å². The van der Waals surface area contributed by atoms with Crippen LogP contribution in [0.25, 0.3) is 0 Å². The molecule has 0 aromatic carbocycles. The van der Waals surface area contributed by atoms with Gasteiger partial charge in [-0.2, -0.15) is 0 Å². The van der Waals surface area contributed by atoms with Crippen LogP contribution < -0.4 is 68.8 Å². The van der Waals surface area contributed by atoms with Gasteiger partial charge in [0.25, 0.3) is 11.9 Å². The van der Waals surface area contributed by atoms with Crippen molar-refractivity contribution in [3.63, 3.8) is 0 Å². The molecule has 0 amide bonds. The number of rotatable bonds is 20. The third-order valence-electron chi connectivity index (χ3n) is 4.67. The number of carboxylic acids is 2. The first-order valence-electron chi connectivity index (χ1n) is 22.5. The number of carbonyl (C=O) groups excluding carboxylic acids is 4. The summed E-state index contributed by atoms with van der Waals surface area (Å²) in [6.45, 7) is 25.2. The third-order valence-corrected chi connectivity index (χ3v) is 4.67. The van der Waals surface area contributed by atoms with Crippen molar-refractivity contribution in [2.45, 2.75) is 213 Å². The molecule has 420 valence electrons. The first-order valence-corrected chi connectivity index (χ1v) is 22.5. The smallest absolute Gasteiger partial charge is 0.300 e. The zero-order chi connectivity index (χ0) is 54.3. The molecular weight excluding hydrogens is 849 g/mol. The molecule has 0 aliphatic rings. The van der Waals surface area contributed by atoms with Crippen molar-refractivity contribution in [3.8, 4) is 0 Å². The number of unbranched alkanes of at least 4 members (excludes halogenated alkanes) is 4. The molecule has 66 heavy (non-hydrogen) atoms. The third kappa shape index (κ3) is 350. The summed E-state index contributed by atoms with van der Waals surface area (Å²) in [5, 5.41) is 14.8. The lowest BCUT2D eigenvalue weighted by Crippen LogP contribution is -2.21. The van der Waals surface area contributed by atoms with Crippen LogP contribution >= 0.6 is 0 Å². The van der Waals surface area contributed by atoms with Gasteiger partial charge >= 0.3 is 0 Å². The summed E-state index contributed by atoms with van der Waals surface area (Å²) in [6.07, 6.45) is 15.1. The number of hydrogen-bond acceptors (Lipinski definition) is 18. The summed E-state index contributed by atoms with van der Waals surface area (Å²) >= 11 is 0.